The van der Waals surface area contributed by atoms with E-state index in [2.05, 4.69) is 0 Å². The molecule has 10 nitrogen and oxygen atoms in total. The Labute approximate surface area is 94.7 Å². The van der Waals surface area contributed by atoms with Crippen molar-refractivity contribution in [1.82, 2.24) is 0 Å². The lowest BCUT2D eigenvalue weighted by Crippen LogP contribution is -2.45. The van der Waals surface area contributed by atoms with Crippen LogP contribution in [0.25, 0.3) is 0 Å². The zero-order valence-electron chi connectivity index (χ0n) is 7.66. The van der Waals surface area contributed by atoms with E-state index in [1.54, 1.807) is 0 Å². The van der Waals surface area contributed by atoms with Gasteiger partial charge < -0.3 is 10.2 Å². The highest BCUT2D eigenvalue weighted by atomic mass is 31.1. The van der Waals surface area contributed by atoms with Crippen molar-refractivity contribution in [2.24, 2.45) is 0 Å². The van der Waals surface area contributed by atoms with Crippen LogP contribution in [0.15, 0.2) is 0 Å². The Morgan fingerprint density at radius 2 is 1.06 bits per heavy atom. The van der Waals surface area contributed by atoms with Gasteiger partial charge in [-0.05, 0) is 0 Å². The molecule has 0 aliphatic carbocycles. The maximum atomic E-state index is 10.7. The second kappa shape index (κ2) is 5.44. The molecule has 0 aromatic rings. The Bertz CT molecular complexity index is 531. The van der Waals surface area contributed by atoms with E-state index in [1.165, 1.54) is 0 Å². The van der Waals surface area contributed by atoms with Crippen molar-refractivity contribution >= 4 is 30.7 Å². The molecule has 0 radical (unpaired) electrons. The molecule has 96 valence electrons. The Morgan fingerprint density at radius 3 is 1.24 bits per heavy atom. The van der Waals surface area contributed by atoms with Crippen LogP contribution in [0.3, 0.4) is 0 Å². The molecule has 0 saturated carbocycles. The topological polar surface area (TPSA) is 177 Å². The van der Waals surface area contributed by atoms with Gasteiger partial charge in [0, 0.05) is 0 Å². The average Bonchev–Trinajstić information content (AvgIpc) is 2.11. The monoisotopic (exact) mass is 324 g/mol. The molecule has 0 unspecified atom stereocenters. The van der Waals surface area contributed by atoms with Crippen LogP contribution in [0.4, 0.5) is 0 Å². The molecule has 0 aromatic carbocycles. The zero-order valence-corrected chi connectivity index (χ0v) is 11.2. The summed E-state index contributed by atoms with van der Waals surface area (Å²) in [6.45, 7) is 0. The van der Waals surface area contributed by atoms with E-state index >= 15 is 0 Å². The van der Waals surface area contributed by atoms with Crippen LogP contribution in [-0.2, 0) is 36.5 Å². The van der Waals surface area contributed by atoms with Crippen molar-refractivity contribution in [3.63, 3.8) is 0 Å². The third kappa shape index (κ3) is 2.86. The highest BCUT2D eigenvalue weighted by molar-refractivity contribution is 7.56. The predicted octanol–water partition coefficient (Wildman–Crippen LogP) is 1.01. The number of hydrogen-bond donors (Lipinski definition) is 2. The van der Waals surface area contributed by atoms with Gasteiger partial charge in [-0.3, -0.25) is 0 Å². The molecule has 0 heterocycles. The minimum Gasteiger partial charge on any atom is -0.352 e. The zero-order chi connectivity index (χ0) is 14.0. The van der Waals surface area contributed by atoms with Crippen molar-refractivity contribution in [3.05, 3.63) is 0 Å². The van der Waals surface area contributed by atoms with Crippen molar-refractivity contribution < 1.29 is 46.7 Å². The minimum atomic E-state index is -4.35. The maximum absolute atomic E-state index is 10.7. The molecule has 0 spiro atoms. The smallest absolute Gasteiger partial charge is 0.352 e. The van der Waals surface area contributed by atoms with E-state index in [-0.39, 0.29) is 0 Å². The summed E-state index contributed by atoms with van der Waals surface area (Å²) in [4.78, 5) is -3.73. The third-order valence-corrected chi connectivity index (χ3v) is 7.35. The fourth-order valence-electron chi connectivity index (χ4n) is 0.859. The first-order valence-corrected chi connectivity index (χ1v) is 8.39. The molecule has 0 amide bonds. The summed E-state index contributed by atoms with van der Waals surface area (Å²) in [6.07, 6.45) is -1.78. The van der Waals surface area contributed by atoms with E-state index in [4.69, 9.17) is 10.2 Å². The first-order chi connectivity index (χ1) is 7.50. The van der Waals surface area contributed by atoms with Crippen molar-refractivity contribution in [2.45, 2.75) is 10.4 Å². The first-order valence-electron chi connectivity index (χ1n) is 3.50. The van der Waals surface area contributed by atoms with Gasteiger partial charge in [0.15, 0.2) is 0 Å². The molecule has 0 saturated heterocycles. The highest BCUT2D eigenvalue weighted by Crippen LogP contribution is 2.57. The molecular formula is C3H4O10P4. The molecule has 2 N–H and O–H groups in total. The van der Waals surface area contributed by atoms with E-state index in [9.17, 15) is 36.5 Å². The molecular weight excluding hydrogens is 320 g/mol. The van der Waals surface area contributed by atoms with Crippen LogP contribution in [0.2, 0.25) is 0 Å². The number of aliphatic hydroxyl groups is 2. The molecule has 0 bridgehead atoms. The van der Waals surface area contributed by atoms with E-state index in [0.717, 1.165) is 0 Å². The lowest BCUT2D eigenvalue weighted by Gasteiger charge is -2.23. The summed E-state index contributed by atoms with van der Waals surface area (Å²) < 4.78 is 84.7. The van der Waals surface area contributed by atoms with Gasteiger partial charge in [-0.25, -0.2) is 36.5 Å². The van der Waals surface area contributed by atoms with Crippen LogP contribution in [-0.4, -0.2) is 26.8 Å². The summed E-state index contributed by atoms with van der Waals surface area (Å²) >= 11 is 0. The average molecular weight is 324 g/mol. The summed E-state index contributed by atoms with van der Waals surface area (Å²) in [6, 6.07) is 0. The standard InChI is InChI=1S/C3H4O10P4/c4-3(5,17(12)13)2(15(8)9,16(10)11)1-14(6)7/h4-5H,1H2. The van der Waals surface area contributed by atoms with Gasteiger partial charge in [-0.1, -0.05) is 0 Å². The highest BCUT2D eigenvalue weighted by Gasteiger charge is 2.66. The number of hydrogen-bond acceptors (Lipinski definition) is 10. The van der Waals surface area contributed by atoms with Crippen molar-refractivity contribution in [3.8, 4) is 0 Å². The largest absolute Gasteiger partial charge is 0.379 e. The summed E-state index contributed by atoms with van der Waals surface area (Å²) in [7, 11) is -16.7. The second-order valence-electron chi connectivity index (χ2n) is 2.71. The fraction of sp³-hybridized carbons (Fsp3) is 1.00. The van der Waals surface area contributed by atoms with Gasteiger partial charge in [-0.2, -0.15) is 0 Å². The van der Waals surface area contributed by atoms with Gasteiger partial charge in [-0.15, -0.1) is 0 Å². The summed E-state index contributed by atoms with van der Waals surface area (Å²) in [5.41, 5.74) is -4.23. The second-order valence-corrected chi connectivity index (χ2v) is 7.74. The van der Waals surface area contributed by atoms with Gasteiger partial charge in [0.1, 0.15) is 0 Å². The maximum Gasteiger partial charge on any atom is 0.379 e. The molecule has 0 atom stereocenters. The Kier molecular flexibility index (Phi) is 5.29. The Morgan fingerprint density at radius 1 is 0.706 bits per heavy atom. The van der Waals surface area contributed by atoms with E-state index in [0.29, 0.717) is 0 Å². The van der Waals surface area contributed by atoms with Crippen LogP contribution in [0, 0.1) is 0 Å². The molecule has 0 aliphatic heterocycles. The molecule has 0 aromatic heterocycles. The van der Waals surface area contributed by atoms with Crippen LogP contribution >= 0.6 is 30.7 Å². The normalized spacial score (nSPS) is 11.9. The van der Waals surface area contributed by atoms with E-state index < -0.39 is 47.3 Å². The van der Waals surface area contributed by atoms with Crippen LogP contribution in [0.1, 0.15) is 0 Å². The van der Waals surface area contributed by atoms with Gasteiger partial charge in [0.2, 0.25) is 0 Å². The van der Waals surface area contributed by atoms with Crippen LogP contribution < -0.4 is 0 Å². The van der Waals surface area contributed by atoms with Crippen molar-refractivity contribution in [2.75, 3.05) is 6.16 Å². The van der Waals surface area contributed by atoms with Gasteiger partial charge >= 0.3 is 36.2 Å². The van der Waals surface area contributed by atoms with E-state index in [1.807, 2.05) is 0 Å². The lowest BCUT2D eigenvalue weighted by atomic mass is 10.4. The summed E-state index contributed by atoms with van der Waals surface area (Å²) in [5, 5.41) is 18.0. The third-order valence-electron chi connectivity index (χ3n) is 1.75. The minimum absolute atomic E-state index is 1.78. The van der Waals surface area contributed by atoms with Gasteiger partial charge in [0.05, 0.1) is 6.16 Å². The Hall–Kier alpha value is -0.480. The SMILES string of the molecule is O=P(=O)CC(P(=O)=O)(P(=O)=O)C(O)(O)P(=O)=O. The fourth-order valence-corrected chi connectivity index (χ4v) is 5.56. The number of rotatable bonds is 6. The summed E-state index contributed by atoms with van der Waals surface area (Å²) in [5.74, 6) is 0. The molecule has 0 rings (SSSR count). The lowest BCUT2D eigenvalue weighted by molar-refractivity contribution is -0.0940. The van der Waals surface area contributed by atoms with Crippen LogP contribution in [0.5, 0.6) is 0 Å². The molecule has 17 heavy (non-hydrogen) atoms. The quantitative estimate of drug-likeness (QED) is 0.529. The molecule has 14 heteroatoms. The molecule has 0 fully saturated rings. The Balaban J connectivity index is 6.39. The van der Waals surface area contributed by atoms with Gasteiger partial charge in [0.25, 0.3) is 4.90 Å². The van der Waals surface area contributed by atoms with Crippen molar-refractivity contribution in [1.29, 1.82) is 0 Å². The molecule has 0 aliphatic rings. The predicted molar refractivity (Wildman–Crippen MR) is 47.9 cm³/mol. The first kappa shape index (κ1) is 16.5.